The molecule has 118 valence electrons. The minimum atomic E-state index is 0.742. The summed E-state index contributed by atoms with van der Waals surface area (Å²) >= 11 is 0. The number of aryl methyl sites for hydroxylation is 2. The van der Waals surface area contributed by atoms with Gasteiger partial charge in [-0.3, -0.25) is 4.68 Å². The summed E-state index contributed by atoms with van der Waals surface area (Å²) in [5.74, 6) is 2.06. The third-order valence-electron chi connectivity index (χ3n) is 4.84. The van der Waals surface area contributed by atoms with Crippen LogP contribution in [0, 0.1) is 12.8 Å². The lowest BCUT2D eigenvalue weighted by atomic mass is 10.1. The minimum Gasteiger partial charge on any atom is -0.359 e. The molecule has 0 spiro atoms. The third kappa shape index (κ3) is 3.40. The van der Waals surface area contributed by atoms with Crippen LogP contribution in [0.3, 0.4) is 0 Å². The number of hydrogen-bond acceptors (Lipinski definition) is 4. The lowest BCUT2D eigenvalue weighted by molar-refractivity contribution is 0.395. The summed E-state index contributed by atoms with van der Waals surface area (Å²) in [6, 6.07) is 0.742. The molecule has 1 saturated carbocycles. The zero-order valence-electron chi connectivity index (χ0n) is 13.9. The van der Waals surface area contributed by atoms with E-state index in [0.717, 1.165) is 30.7 Å². The van der Waals surface area contributed by atoms with Crippen molar-refractivity contribution in [2.24, 2.45) is 13.0 Å². The fraction of sp³-hybridized carbons (Fsp3) is 0.812. The Morgan fingerprint density at radius 3 is 2.67 bits per heavy atom. The lowest BCUT2D eigenvalue weighted by Crippen LogP contribution is -2.30. The van der Waals surface area contributed by atoms with Crippen LogP contribution in [0.5, 0.6) is 0 Å². The molecule has 1 atom stereocenters. The molecule has 1 aromatic rings. The molecule has 1 saturated heterocycles. The van der Waals surface area contributed by atoms with Gasteiger partial charge in [-0.25, -0.2) is 0 Å². The molecule has 1 aliphatic heterocycles. The number of nitrogens with zero attached hydrogens (tertiary/aromatic N) is 4. The highest BCUT2D eigenvalue weighted by Gasteiger charge is 2.25. The van der Waals surface area contributed by atoms with Gasteiger partial charge in [-0.05, 0) is 45.7 Å². The van der Waals surface area contributed by atoms with Gasteiger partial charge in [0, 0.05) is 45.3 Å². The predicted octanol–water partition coefficient (Wildman–Crippen LogP) is 1.37. The van der Waals surface area contributed by atoms with E-state index in [1.807, 2.05) is 0 Å². The summed E-state index contributed by atoms with van der Waals surface area (Å²) in [5.41, 5.74) is 2.54. The van der Waals surface area contributed by atoms with E-state index < -0.39 is 0 Å². The van der Waals surface area contributed by atoms with Crippen molar-refractivity contribution in [3.63, 3.8) is 0 Å². The van der Waals surface area contributed by atoms with E-state index in [-0.39, 0.29) is 0 Å². The Morgan fingerprint density at radius 2 is 2.05 bits per heavy atom. The lowest BCUT2D eigenvalue weighted by Gasteiger charge is -2.24. The molecule has 2 heterocycles. The monoisotopic (exact) mass is 291 g/mol. The molecular formula is C16H29N5. The van der Waals surface area contributed by atoms with Gasteiger partial charge in [0.1, 0.15) is 5.82 Å². The molecule has 0 radical (unpaired) electrons. The molecule has 3 rings (SSSR count). The van der Waals surface area contributed by atoms with E-state index in [1.54, 1.807) is 0 Å². The summed E-state index contributed by atoms with van der Waals surface area (Å²) in [7, 11) is 6.51. The molecule has 1 N–H and O–H groups in total. The van der Waals surface area contributed by atoms with Gasteiger partial charge in [-0.2, -0.15) is 5.10 Å². The predicted molar refractivity (Wildman–Crippen MR) is 86.7 cm³/mol. The van der Waals surface area contributed by atoms with Gasteiger partial charge in [-0.15, -0.1) is 0 Å². The fourth-order valence-electron chi connectivity index (χ4n) is 3.56. The van der Waals surface area contributed by atoms with E-state index >= 15 is 0 Å². The normalized spacial score (nSPS) is 23.0. The largest absolute Gasteiger partial charge is 0.359 e. The average molecular weight is 291 g/mol. The molecule has 21 heavy (non-hydrogen) atoms. The molecule has 1 aliphatic carbocycles. The molecular weight excluding hydrogens is 262 g/mol. The maximum atomic E-state index is 4.64. The Kier molecular flexibility index (Phi) is 4.22. The SMILES string of the molecule is Cc1nn(C)c(N(C)CC2CCN(C)C2)c1CNC1CC1. The number of nitrogens with one attached hydrogen (secondary N) is 1. The molecule has 1 unspecified atom stereocenters. The standard InChI is InChI=1S/C16H29N5/c1-12-15(9-17-14-5-6-14)16(21(4)18-12)20(3)11-13-7-8-19(2)10-13/h13-14,17H,5-11H2,1-4H3. The molecule has 1 aromatic heterocycles. The van der Waals surface area contributed by atoms with Crippen LogP contribution in [0.1, 0.15) is 30.5 Å². The molecule has 0 amide bonds. The number of hydrogen-bond donors (Lipinski definition) is 1. The first-order valence-corrected chi connectivity index (χ1v) is 8.20. The second-order valence-electron chi connectivity index (χ2n) is 6.96. The van der Waals surface area contributed by atoms with Gasteiger partial charge in [-0.1, -0.05) is 0 Å². The van der Waals surface area contributed by atoms with Crippen molar-refractivity contribution in [3.05, 3.63) is 11.3 Å². The summed E-state index contributed by atoms with van der Waals surface area (Å²) in [6.45, 7) is 6.66. The van der Waals surface area contributed by atoms with Crippen LogP contribution in [0.25, 0.3) is 0 Å². The van der Waals surface area contributed by atoms with Crippen LogP contribution < -0.4 is 10.2 Å². The van der Waals surface area contributed by atoms with Crippen molar-refractivity contribution in [1.29, 1.82) is 0 Å². The van der Waals surface area contributed by atoms with Gasteiger partial charge < -0.3 is 15.1 Å². The van der Waals surface area contributed by atoms with Crippen molar-refractivity contribution < 1.29 is 0 Å². The summed E-state index contributed by atoms with van der Waals surface area (Å²) in [5, 5.41) is 8.28. The second kappa shape index (κ2) is 5.97. The summed E-state index contributed by atoms with van der Waals surface area (Å²) in [6.07, 6.45) is 3.98. The Labute approximate surface area is 128 Å². The van der Waals surface area contributed by atoms with Gasteiger partial charge >= 0.3 is 0 Å². The molecule has 5 heteroatoms. The number of likely N-dealkylation sites (tertiary alicyclic amines) is 1. The first-order valence-electron chi connectivity index (χ1n) is 8.20. The van der Waals surface area contributed by atoms with Crippen molar-refractivity contribution in [2.75, 3.05) is 38.6 Å². The zero-order chi connectivity index (χ0) is 15.0. The number of aromatic nitrogens is 2. The van der Waals surface area contributed by atoms with Crippen molar-refractivity contribution in [3.8, 4) is 0 Å². The van der Waals surface area contributed by atoms with Crippen molar-refractivity contribution >= 4 is 5.82 Å². The van der Waals surface area contributed by atoms with E-state index in [2.05, 4.69) is 53.0 Å². The van der Waals surface area contributed by atoms with Gasteiger partial charge in [0.15, 0.2) is 0 Å². The third-order valence-corrected chi connectivity index (χ3v) is 4.84. The van der Waals surface area contributed by atoms with Crippen LogP contribution in [0.4, 0.5) is 5.82 Å². The Morgan fingerprint density at radius 1 is 1.29 bits per heavy atom. The van der Waals surface area contributed by atoms with Crippen LogP contribution >= 0.6 is 0 Å². The molecule has 0 bridgehead atoms. The quantitative estimate of drug-likeness (QED) is 0.859. The average Bonchev–Trinajstić information content (AvgIpc) is 3.09. The molecule has 2 aliphatic rings. The maximum absolute atomic E-state index is 4.64. The van der Waals surface area contributed by atoms with E-state index in [0.29, 0.717) is 0 Å². The van der Waals surface area contributed by atoms with Crippen LogP contribution in [-0.2, 0) is 13.6 Å². The Balaban J connectivity index is 1.69. The highest BCUT2D eigenvalue weighted by Crippen LogP contribution is 2.26. The maximum Gasteiger partial charge on any atom is 0.131 e. The number of anilines is 1. The molecule has 2 fully saturated rings. The highest BCUT2D eigenvalue weighted by molar-refractivity contribution is 5.49. The van der Waals surface area contributed by atoms with Crippen molar-refractivity contribution in [2.45, 2.75) is 38.8 Å². The fourth-order valence-corrected chi connectivity index (χ4v) is 3.56. The summed E-state index contributed by atoms with van der Waals surface area (Å²) in [4.78, 5) is 4.84. The molecule has 0 aromatic carbocycles. The van der Waals surface area contributed by atoms with Crippen LogP contribution in [0.2, 0.25) is 0 Å². The van der Waals surface area contributed by atoms with Crippen LogP contribution in [0.15, 0.2) is 0 Å². The van der Waals surface area contributed by atoms with E-state index in [4.69, 9.17) is 0 Å². The number of rotatable bonds is 6. The smallest absolute Gasteiger partial charge is 0.131 e. The first kappa shape index (κ1) is 14.9. The zero-order valence-corrected chi connectivity index (χ0v) is 13.9. The van der Waals surface area contributed by atoms with E-state index in [9.17, 15) is 0 Å². The van der Waals surface area contributed by atoms with Gasteiger partial charge in [0.25, 0.3) is 0 Å². The first-order chi connectivity index (χ1) is 10.0. The van der Waals surface area contributed by atoms with Crippen LogP contribution in [-0.4, -0.2) is 54.5 Å². The van der Waals surface area contributed by atoms with Gasteiger partial charge in [0.05, 0.1) is 5.69 Å². The minimum absolute atomic E-state index is 0.742. The summed E-state index contributed by atoms with van der Waals surface area (Å²) < 4.78 is 2.05. The molecule has 5 nitrogen and oxygen atoms in total. The Bertz CT molecular complexity index is 491. The second-order valence-corrected chi connectivity index (χ2v) is 6.96. The highest BCUT2D eigenvalue weighted by atomic mass is 15.4. The van der Waals surface area contributed by atoms with Crippen molar-refractivity contribution in [1.82, 2.24) is 20.0 Å². The van der Waals surface area contributed by atoms with E-state index in [1.165, 1.54) is 43.7 Å². The Hall–Kier alpha value is -1.07. The topological polar surface area (TPSA) is 36.3 Å². The van der Waals surface area contributed by atoms with Gasteiger partial charge in [0.2, 0.25) is 0 Å².